The minimum absolute atomic E-state index is 0. The van der Waals surface area contributed by atoms with Gasteiger partial charge in [0.15, 0.2) is 0 Å². The van der Waals surface area contributed by atoms with Gasteiger partial charge in [-0.2, -0.15) is 0 Å². The third kappa shape index (κ3) is 7.37. The van der Waals surface area contributed by atoms with Crippen LogP contribution in [-0.4, -0.2) is 38.9 Å². The number of nitro benzene ring substituents is 1. The minimum atomic E-state index is -3.86. The summed E-state index contributed by atoms with van der Waals surface area (Å²) in [5.74, 6) is -0.208. The van der Waals surface area contributed by atoms with Crippen LogP contribution in [0.1, 0.15) is 12.8 Å². The molecule has 0 aliphatic rings. The van der Waals surface area contributed by atoms with E-state index in [1.54, 1.807) is 0 Å². The number of nitro groups is 1. The van der Waals surface area contributed by atoms with Gasteiger partial charge in [0.05, 0.1) is 9.82 Å². The topological polar surface area (TPSA) is 144 Å². The van der Waals surface area contributed by atoms with Crippen LogP contribution in [0, 0.1) is 10.1 Å². The zero-order chi connectivity index (χ0) is 16.6. The van der Waals surface area contributed by atoms with Gasteiger partial charge in [0.1, 0.15) is 0 Å². The fourth-order valence-corrected chi connectivity index (χ4v) is 2.66. The number of rotatable bonds is 9. The molecule has 4 N–H and O–H groups in total. The van der Waals surface area contributed by atoms with Crippen molar-refractivity contribution in [3.63, 3.8) is 0 Å². The summed E-state index contributed by atoms with van der Waals surface area (Å²) in [6.45, 7) is 0.518. The molecule has 11 heteroatoms. The Balaban J connectivity index is 0.00000484. The molecule has 1 amide bonds. The third-order valence-electron chi connectivity index (χ3n) is 2.69. The zero-order valence-corrected chi connectivity index (χ0v) is 13.9. The standard InChI is InChI=1S/C12H18N4O5S.ClH/c13-6-2-5-12(17)14-7-8-15-22(20,21)11-4-1-3-10(9-11)16(18)19;/h1,3-4,9,15H,2,5-8,13H2,(H,14,17);1H. The van der Waals surface area contributed by atoms with Crippen LogP contribution >= 0.6 is 12.4 Å². The van der Waals surface area contributed by atoms with Gasteiger partial charge in [-0.25, -0.2) is 13.1 Å². The van der Waals surface area contributed by atoms with Gasteiger partial charge in [0, 0.05) is 31.6 Å². The highest BCUT2D eigenvalue weighted by Crippen LogP contribution is 2.16. The molecule has 0 fully saturated rings. The Morgan fingerprint density at radius 1 is 1.30 bits per heavy atom. The van der Waals surface area contributed by atoms with Crippen LogP contribution in [0.15, 0.2) is 29.2 Å². The van der Waals surface area contributed by atoms with Crippen LogP contribution in [0.2, 0.25) is 0 Å². The number of nitrogens with two attached hydrogens (primary N) is 1. The molecular weight excluding hydrogens is 348 g/mol. The maximum absolute atomic E-state index is 12.0. The van der Waals surface area contributed by atoms with E-state index in [2.05, 4.69) is 10.0 Å². The van der Waals surface area contributed by atoms with Crippen LogP contribution in [-0.2, 0) is 14.8 Å². The summed E-state index contributed by atoms with van der Waals surface area (Å²) in [5.41, 5.74) is 4.96. The van der Waals surface area contributed by atoms with Gasteiger partial charge in [-0.15, -0.1) is 12.4 Å². The van der Waals surface area contributed by atoms with Crippen molar-refractivity contribution in [1.29, 1.82) is 0 Å². The first-order valence-electron chi connectivity index (χ1n) is 6.57. The van der Waals surface area contributed by atoms with E-state index in [-0.39, 0.29) is 48.4 Å². The van der Waals surface area contributed by atoms with Gasteiger partial charge >= 0.3 is 0 Å². The normalized spacial score (nSPS) is 10.7. The molecule has 1 rings (SSSR count). The van der Waals surface area contributed by atoms with Gasteiger partial charge in [0.2, 0.25) is 15.9 Å². The Hall–Kier alpha value is -1.75. The zero-order valence-electron chi connectivity index (χ0n) is 12.2. The Bertz CT molecular complexity index is 638. The Morgan fingerprint density at radius 3 is 2.61 bits per heavy atom. The molecule has 0 saturated heterocycles. The molecule has 0 heterocycles. The SMILES string of the molecule is Cl.NCCCC(=O)NCCNS(=O)(=O)c1cccc([N+](=O)[O-])c1. The second-order valence-electron chi connectivity index (χ2n) is 4.39. The molecule has 0 aliphatic carbocycles. The van der Waals surface area contributed by atoms with Crippen molar-refractivity contribution >= 4 is 34.0 Å². The van der Waals surface area contributed by atoms with Gasteiger partial charge in [0.25, 0.3) is 5.69 Å². The second kappa shape index (κ2) is 10.1. The highest BCUT2D eigenvalue weighted by molar-refractivity contribution is 7.89. The van der Waals surface area contributed by atoms with Gasteiger partial charge in [-0.1, -0.05) is 6.07 Å². The van der Waals surface area contributed by atoms with Crippen molar-refractivity contribution < 1.29 is 18.1 Å². The Labute approximate surface area is 140 Å². The van der Waals surface area contributed by atoms with E-state index in [0.717, 1.165) is 6.07 Å². The van der Waals surface area contributed by atoms with Crippen LogP contribution in [0.25, 0.3) is 0 Å². The molecular formula is C12H19ClN4O5S. The first kappa shape index (κ1) is 21.2. The molecule has 0 radical (unpaired) electrons. The van der Waals surface area contributed by atoms with E-state index in [4.69, 9.17) is 5.73 Å². The van der Waals surface area contributed by atoms with E-state index in [1.807, 2.05) is 0 Å². The summed E-state index contributed by atoms with van der Waals surface area (Å²) in [6.07, 6.45) is 0.847. The molecule has 0 saturated carbocycles. The largest absolute Gasteiger partial charge is 0.355 e. The molecule has 23 heavy (non-hydrogen) atoms. The third-order valence-corrected chi connectivity index (χ3v) is 4.14. The minimum Gasteiger partial charge on any atom is -0.355 e. The van der Waals surface area contributed by atoms with E-state index >= 15 is 0 Å². The van der Waals surface area contributed by atoms with Crippen molar-refractivity contribution in [1.82, 2.24) is 10.0 Å². The summed E-state index contributed by atoms with van der Waals surface area (Å²) in [5, 5.41) is 13.2. The Kier molecular flexibility index (Phi) is 9.34. The van der Waals surface area contributed by atoms with Crippen LogP contribution in [0.3, 0.4) is 0 Å². The number of nitrogens with one attached hydrogen (secondary N) is 2. The molecule has 9 nitrogen and oxygen atoms in total. The van der Waals surface area contributed by atoms with E-state index < -0.39 is 14.9 Å². The van der Waals surface area contributed by atoms with E-state index in [1.165, 1.54) is 18.2 Å². The summed E-state index contributed by atoms with van der Waals surface area (Å²) < 4.78 is 26.2. The Morgan fingerprint density at radius 2 is 2.00 bits per heavy atom. The first-order chi connectivity index (χ1) is 10.4. The number of sulfonamides is 1. The fraction of sp³-hybridized carbons (Fsp3) is 0.417. The predicted molar refractivity (Wildman–Crippen MR) is 86.8 cm³/mol. The number of hydrogen-bond acceptors (Lipinski definition) is 6. The molecule has 0 aromatic heterocycles. The van der Waals surface area contributed by atoms with E-state index in [0.29, 0.717) is 13.0 Å². The number of amides is 1. The van der Waals surface area contributed by atoms with E-state index in [9.17, 15) is 23.3 Å². The van der Waals surface area contributed by atoms with Gasteiger partial charge < -0.3 is 11.1 Å². The molecule has 0 atom stereocenters. The molecule has 0 spiro atoms. The smallest absolute Gasteiger partial charge is 0.270 e. The molecule has 130 valence electrons. The average Bonchev–Trinajstić information content (AvgIpc) is 2.49. The van der Waals surface area contributed by atoms with Crippen molar-refractivity contribution in [2.75, 3.05) is 19.6 Å². The maximum Gasteiger partial charge on any atom is 0.270 e. The lowest BCUT2D eigenvalue weighted by molar-refractivity contribution is -0.385. The van der Waals surface area contributed by atoms with Crippen molar-refractivity contribution in [2.24, 2.45) is 5.73 Å². The number of hydrogen-bond donors (Lipinski definition) is 3. The van der Waals surface area contributed by atoms with Gasteiger partial charge in [-0.3, -0.25) is 14.9 Å². The quantitative estimate of drug-likeness (QED) is 0.322. The first-order valence-corrected chi connectivity index (χ1v) is 8.06. The summed E-state index contributed by atoms with van der Waals surface area (Å²) >= 11 is 0. The number of halogens is 1. The van der Waals surface area contributed by atoms with Crippen molar-refractivity contribution in [2.45, 2.75) is 17.7 Å². The number of carbonyl (C=O) groups excluding carboxylic acids is 1. The second-order valence-corrected chi connectivity index (χ2v) is 6.16. The van der Waals surface area contributed by atoms with Crippen LogP contribution in [0.4, 0.5) is 5.69 Å². The molecule has 1 aromatic rings. The highest BCUT2D eigenvalue weighted by atomic mass is 35.5. The van der Waals surface area contributed by atoms with Crippen molar-refractivity contribution in [3.05, 3.63) is 34.4 Å². The fourth-order valence-electron chi connectivity index (χ4n) is 1.59. The lowest BCUT2D eigenvalue weighted by Crippen LogP contribution is -2.34. The maximum atomic E-state index is 12.0. The van der Waals surface area contributed by atoms with Crippen LogP contribution in [0.5, 0.6) is 0 Å². The molecule has 0 aliphatic heterocycles. The number of non-ortho nitro benzene ring substituents is 1. The monoisotopic (exact) mass is 366 g/mol. The predicted octanol–water partition coefficient (Wildman–Crippen LogP) is 0.150. The highest BCUT2D eigenvalue weighted by Gasteiger charge is 2.17. The average molecular weight is 367 g/mol. The molecule has 0 bridgehead atoms. The summed E-state index contributed by atoms with van der Waals surface area (Å²) in [4.78, 5) is 21.1. The number of nitrogens with zero attached hydrogens (tertiary/aromatic N) is 1. The van der Waals surface area contributed by atoms with Gasteiger partial charge in [-0.05, 0) is 19.0 Å². The lowest BCUT2D eigenvalue weighted by atomic mass is 10.3. The van der Waals surface area contributed by atoms with Crippen LogP contribution < -0.4 is 15.8 Å². The number of carbonyl (C=O) groups is 1. The summed E-state index contributed by atoms with van der Waals surface area (Å²) in [6, 6.07) is 4.73. The summed E-state index contributed by atoms with van der Waals surface area (Å²) in [7, 11) is -3.86. The molecule has 1 aromatic carbocycles. The molecule has 0 unspecified atom stereocenters. The number of benzene rings is 1. The van der Waals surface area contributed by atoms with Crippen molar-refractivity contribution in [3.8, 4) is 0 Å². The lowest BCUT2D eigenvalue weighted by Gasteiger charge is -2.08.